The SMILES string of the molecule is O=C1/C(=C/c2nc(-c3ccccc3)cs2)CCc2ccccc21. The minimum absolute atomic E-state index is 0.142. The molecule has 0 radical (unpaired) electrons. The van der Waals surface area contributed by atoms with Gasteiger partial charge in [0.25, 0.3) is 0 Å². The van der Waals surface area contributed by atoms with Gasteiger partial charge in [-0.05, 0) is 24.5 Å². The Hall–Kier alpha value is -2.52. The van der Waals surface area contributed by atoms with E-state index in [1.807, 2.05) is 66.1 Å². The Labute approximate surface area is 139 Å². The van der Waals surface area contributed by atoms with E-state index in [2.05, 4.69) is 4.98 Å². The zero-order valence-electron chi connectivity index (χ0n) is 12.5. The summed E-state index contributed by atoms with van der Waals surface area (Å²) in [6.45, 7) is 0. The lowest BCUT2D eigenvalue weighted by molar-refractivity contribution is 0.102. The highest BCUT2D eigenvalue weighted by atomic mass is 32.1. The fraction of sp³-hybridized carbons (Fsp3) is 0.100. The van der Waals surface area contributed by atoms with Crippen molar-refractivity contribution in [3.8, 4) is 11.3 Å². The maximum absolute atomic E-state index is 12.6. The van der Waals surface area contributed by atoms with Crippen molar-refractivity contribution in [1.82, 2.24) is 4.98 Å². The van der Waals surface area contributed by atoms with Crippen molar-refractivity contribution in [2.75, 3.05) is 0 Å². The van der Waals surface area contributed by atoms with Gasteiger partial charge in [0.1, 0.15) is 5.01 Å². The van der Waals surface area contributed by atoms with Gasteiger partial charge in [0.05, 0.1) is 5.69 Å². The maximum atomic E-state index is 12.6. The van der Waals surface area contributed by atoms with Crippen LogP contribution in [0.4, 0.5) is 0 Å². The van der Waals surface area contributed by atoms with Crippen LogP contribution in [0.1, 0.15) is 27.3 Å². The monoisotopic (exact) mass is 317 g/mol. The van der Waals surface area contributed by atoms with E-state index in [-0.39, 0.29) is 5.78 Å². The van der Waals surface area contributed by atoms with Gasteiger partial charge < -0.3 is 0 Å². The molecule has 112 valence electrons. The second kappa shape index (κ2) is 5.94. The van der Waals surface area contributed by atoms with Gasteiger partial charge in [-0.2, -0.15) is 0 Å². The molecule has 1 aliphatic carbocycles. The molecule has 3 heteroatoms. The molecule has 3 aromatic rings. The largest absolute Gasteiger partial charge is 0.289 e. The molecule has 2 aromatic carbocycles. The summed E-state index contributed by atoms with van der Waals surface area (Å²) in [6.07, 6.45) is 3.66. The molecule has 23 heavy (non-hydrogen) atoms. The third-order valence-electron chi connectivity index (χ3n) is 4.11. The van der Waals surface area contributed by atoms with Crippen LogP contribution in [0, 0.1) is 0 Å². The summed E-state index contributed by atoms with van der Waals surface area (Å²) in [4.78, 5) is 17.3. The fourth-order valence-corrected chi connectivity index (χ4v) is 3.68. The summed E-state index contributed by atoms with van der Waals surface area (Å²) < 4.78 is 0. The summed E-state index contributed by atoms with van der Waals surface area (Å²) in [5.74, 6) is 0.142. The fourth-order valence-electron chi connectivity index (χ4n) is 2.90. The van der Waals surface area contributed by atoms with Crippen LogP contribution in [0.5, 0.6) is 0 Å². The van der Waals surface area contributed by atoms with E-state index in [0.717, 1.165) is 45.8 Å². The number of hydrogen-bond donors (Lipinski definition) is 0. The van der Waals surface area contributed by atoms with Crippen molar-refractivity contribution < 1.29 is 4.79 Å². The molecule has 0 amide bonds. The summed E-state index contributed by atoms with van der Waals surface area (Å²) in [5.41, 5.74) is 4.92. The van der Waals surface area contributed by atoms with Crippen LogP contribution in [-0.2, 0) is 6.42 Å². The quantitative estimate of drug-likeness (QED) is 0.621. The van der Waals surface area contributed by atoms with E-state index in [0.29, 0.717) is 0 Å². The molecule has 0 fully saturated rings. The van der Waals surface area contributed by atoms with Crippen LogP contribution in [0.2, 0.25) is 0 Å². The Balaban J connectivity index is 1.65. The molecule has 2 nitrogen and oxygen atoms in total. The van der Waals surface area contributed by atoms with E-state index >= 15 is 0 Å². The summed E-state index contributed by atoms with van der Waals surface area (Å²) in [6, 6.07) is 18.0. The molecule has 0 atom stereocenters. The number of allylic oxidation sites excluding steroid dienone is 1. The van der Waals surface area contributed by atoms with Crippen molar-refractivity contribution in [3.05, 3.63) is 81.7 Å². The van der Waals surface area contributed by atoms with Gasteiger partial charge in [0.2, 0.25) is 0 Å². The Morgan fingerprint density at radius 2 is 1.74 bits per heavy atom. The van der Waals surface area contributed by atoms with Crippen molar-refractivity contribution in [2.24, 2.45) is 0 Å². The molecule has 0 spiro atoms. The van der Waals surface area contributed by atoms with Crippen LogP contribution in [0.25, 0.3) is 17.3 Å². The normalized spacial score (nSPS) is 15.7. The van der Waals surface area contributed by atoms with Crippen LogP contribution in [0.15, 0.2) is 65.6 Å². The predicted octanol–water partition coefficient (Wildman–Crippen LogP) is 5.02. The van der Waals surface area contributed by atoms with Gasteiger partial charge in [-0.15, -0.1) is 11.3 Å². The average Bonchev–Trinajstić information content (AvgIpc) is 3.07. The predicted molar refractivity (Wildman–Crippen MR) is 94.6 cm³/mol. The standard InChI is InChI=1S/C20H15NOS/c22-20-16(11-10-14-6-4-5-9-17(14)20)12-19-21-18(13-23-19)15-7-2-1-3-8-15/h1-9,12-13H,10-11H2/b16-12+. The number of carbonyl (C=O) groups excluding carboxylic acids is 1. The van der Waals surface area contributed by atoms with E-state index < -0.39 is 0 Å². The lowest BCUT2D eigenvalue weighted by atomic mass is 9.87. The van der Waals surface area contributed by atoms with E-state index in [4.69, 9.17) is 0 Å². The molecule has 0 bridgehead atoms. The van der Waals surface area contributed by atoms with E-state index in [1.165, 1.54) is 0 Å². The first kappa shape index (κ1) is 14.1. The van der Waals surface area contributed by atoms with Crippen molar-refractivity contribution in [3.63, 3.8) is 0 Å². The molecule has 1 heterocycles. The molecule has 0 saturated carbocycles. The number of benzene rings is 2. The number of Topliss-reactive ketones (excluding diaryl/α,β-unsaturated/α-hetero) is 1. The molecule has 0 N–H and O–H groups in total. The van der Waals surface area contributed by atoms with Gasteiger partial charge in [0, 0.05) is 22.1 Å². The van der Waals surface area contributed by atoms with Crippen LogP contribution >= 0.6 is 11.3 Å². The number of fused-ring (bicyclic) bond motifs is 1. The highest BCUT2D eigenvalue weighted by Crippen LogP contribution is 2.28. The highest BCUT2D eigenvalue weighted by molar-refractivity contribution is 7.10. The number of aromatic nitrogens is 1. The molecule has 0 aliphatic heterocycles. The van der Waals surface area contributed by atoms with Gasteiger partial charge in [-0.1, -0.05) is 54.6 Å². The number of thiazole rings is 1. The Kier molecular flexibility index (Phi) is 3.64. The van der Waals surface area contributed by atoms with Gasteiger partial charge >= 0.3 is 0 Å². The second-order valence-electron chi connectivity index (χ2n) is 5.59. The van der Waals surface area contributed by atoms with Crippen molar-refractivity contribution in [1.29, 1.82) is 0 Å². The minimum atomic E-state index is 0.142. The molecule has 4 rings (SSSR count). The minimum Gasteiger partial charge on any atom is -0.289 e. The number of ketones is 1. The Morgan fingerprint density at radius 1 is 0.957 bits per heavy atom. The molecular weight excluding hydrogens is 302 g/mol. The molecular formula is C20H15NOS. The summed E-state index contributed by atoms with van der Waals surface area (Å²) in [7, 11) is 0. The first-order chi connectivity index (χ1) is 11.3. The molecule has 0 saturated heterocycles. The maximum Gasteiger partial charge on any atom is 0.189 e. The van der Waals surface area contributed by atoms with Gasteiger partial charge in [-0.3, -0.25) is 4.79 Å². The summed E-state index contributed by atoms with van der Waals surface area (Å²) >= 11 is 1.58. The number of nitrogens with zero attached hydrogens (tertiary/aromatic N) is 1. The zero-order chi connectivity index (χ0) is 15.6. The van der Waals surface area contributed by atoms with E-state index in [1.54, 1.807) is 11.3 Å². The lowest BCUT2D eigenvalue weighted by Gasteiger charge is -2.16. The van der Waals surface area contributed by atoms with E-state index in [9.17, 15) is 4.79 Å². The van der Waals surface area contributed by atoms with Crippen LogP contribution in [0.3, 0.4) is 0 Å². The van der Waals surface area contributed by atoms with Gasteiger partial charge in [-0.25, -0.2) is 4.98 Å². The first-order valence-electron chi connectivity index (χ1n) is 7.65. The topological polar surface area (TPSA) is 30.0 Å². The number of aryl methyl sites for hydroxylation is 1. The van der Waals surface area contributed by atoms with Crippen molar-refractivity contribution >= 4 is 23.2 Å². The van der Waals surface area contributed by atoms with Gasteiger partial charge in [0.15, 0.2) is 5.78 Å². The third-order valence-corrected chi connectivity index (χ3v) is 4.90. The number of hydrogen-bond acceptors (Lipinski definition) is 3. The van der Waals surface area contributed by atoms with Crippen LogP contribution in [-0.4, -0.2) is 10.8 Å². The Bertz CT molecular complexity index is 893. The second-order valence-corrected chi connectivity index (χ2v) is 6.48. The lowest BCUT2D eigenvalue weighted by Crippen LogP contribution is -2.13. The van der Waals surface area contributed by atoms with Crippen LogP contribution < -0.4 is 0 Å². The molecule has 0 unspecified atom stereocenters. The molecule has 1 aliphatic rings. The number of carbonyl (C=O) groups is 1. The molecule has 1 aromatic heterocycles. The average molecular weight is 317 g/mol. The first-order valence-corrected chi connectivity index (χ1v) is 8.53. The smallest absolute Gasteiger partial charge is 0.189 e. The Morgan fingerprint density at radius 3 is 2.61 bits per heavy atom. The van der Waals surface area contributed by atoms with Crippen molar-refractivity contribution in [2.45, 2.75) is 12.8 Å². The number of rotatable bonds is 2. The zero-order valence-corrected chi connectivity index (χ0v) is 13.3. The summed E-state index contributed by atoms with van der Waals surface area (Å²) in [5, 5.41) is 2.94. The third kappa shape index (κ3) is 2.76. The highest BCUT2D eigenvalue weighted by Gasteiger charge is 2.21.